The highest BCUT2D eigenvalue weighted by Crippen LogP contribution is 2.38. The molecule has 2 N–H and O–H groups in total. The van der Waals surface area contributed by atoms with E-state index in [0.29, 0.717) is 30.6 Å². The van der Waals surface area contributed by atoms with Crippen molar-refractivity contribution in [3.05, 3.63) is 89.2 Å². The smallest absolute Gasteiger partial charge is 0.246 e. The molecule has 10 heteroatoms. The number of halogens is 1. The first-order chi connectivity index (χ1) is 19.4. The Labute approximate surface area is 230 Å². The molecular formula is C30H27FN6O3. The standard InChI is InChI=1S/C30H27FN6O3/c1-39-24-16-22-27(26(31)28(24)40-2)34-30(35-29(22)33)37-15-14-36(18-23(37)21-6-4-3-5-7-21)25(38)13-12-19-8-10-20(17-32)11-9-19/h3-13,16,23H,14-15,18H2,1-2H3,(H2,33,34,35). The lowest BCUT2D eigenvalue weighted by Gasteiger charge is -2.41. The van der Waals surface area contributed by atoms with Gasteiger partial charge in [0.25, 0.3) is 0 Å². The van der Waals surface area contributed by atoms with Crippen LogP contribution in [0.3, 0.4) is 0 Å². The van der Waals surface area contributed by atoms with E-state index < -0.39 is 5.82 Å². The molecule has 1 aliphatic rings. The Bertz CT molecular complexity index is 1620. The van der Waals surface area contributed by atoms with Crippen LogP contribution in [0.25, 0.3) is 17.0 Å². The van der Waals surface area contributed by atoms with E-state index in [1.165, 1.54) is 20.3 Å². The third-order valence-electron chi connectivity index (χ3n) is 6.89. The Morgan fingerprint density at radius 1 is 1.10 bits per heavy atom. The number of benzene rings is 3. The highest BCUT2D eigenvalue weighted by molar-refractivity contribution is 5.93. The van der Waals surface area contributed by atoms with E-state index in [2.05, 4.69) is 16.0 Å². The monoisotopic (exact) mass is 538 g/mol. The van der Waals surface area contributed by atoms with E-state index in [1.54, 1.807) is 41.3 Å². The number of hydrogen-bond donors (Lipinski definition) is 1. The number of ether oxygens (including phenoxy) is 2. The van der Waals surface area contributed by atoms with Crippen LogP contribution in [0.1, 0.15) is 22.7 Å². The van der Waals surface area contributed by atoms with Crippen LogP contribution in [0, 0.1) is 17.1 Å². The molecule has 0 radical (unpaired) electrons. The van der Waals surface area contributed by atoms with Crippen LogP contribution in [0.15, 0.2) is 66.7 Å². The van der Waals surface area contributed by atoms with Crippen molar-refractivity contribution >= 4 is 34.7 Å². The number of nitrogen functional groups attached to an aromatic ring is 1. The van der Waals surface area contributed by atoms with Crippen molar-refractivity contribution in [2.75, 3.05) is 44.5 Å². The summed E-state index contributed by atoms with van der Waals surface area (Å²) in [6, 6.07) is 20.0. The molecule has 3 aromatic carbocycles. The average Bonchev–Trinajstić information content (AvgIpc) is 3.00. The van der Waals surface area contributed by atoms with Crippen molar-refractivity contribution in [3.63, 3.8) is 0 Å². The lowest BCUT2D eigenvalue weighted by molar-refractivity contribution is -0.126. The van der Waals surface area contributed by atoms with Crippen LogP contribution in [0.5, 0.6) is 11.5 Å². The second-order valence-corrected chi connectivity index (χ2v) is 9.20. The second-order valence-electron chi connectivity index (χ2n) is 9.20. The number of hydrogen-bond acceptors (Lipinski definition) is 8. The van der Waals surface area contributed by atoms with Crippen molar-refractivity contribution in [2.45, 2.75) is 6.04 Å². The predicted molar refractivity (Wildman–Crippen MR) is 150 cm³/mol. The molecule has 202 valence electrons. The quantitative estimate of drug-likeness (QED) is 0.360. The molecule has 0 bridgehead atoms. The summed E-state index contributed by atoms with van der Waals surface area (Å²) in [4.78, 5) is 25.9. The van der Waals surface area contributed by atoms with Crippen LogP contribution in [0.2, 0.25) is 0 Å². The first kappa shape index (κ1) is 26.4. The third kappa shape index (κ3) is 5.09. The minimum atomic E-state index is -0.690. The number of carbonyl (C=O) groups is 1. The molecule has 4 aromatic rings. The van der Waals surface area contributed by atoms with Gasteiger partial charge in [0.15, 0.2) is 17.3 Å². The van der Waals surface area contributed by atoms with Crippen molar-refractivity contribution < 1.29 is 18.7 Å². The van der Waals surface area contributed by atoms with Gasteiger partial charge in [0.1, 0.15) is 11.3 Å². The van der Waals surface area contributed by atoms with Gasteiger partial charge >= 0.3 is 0 Å². The number of nitriles is 1. The molecule has 0 spiro atoms. The number of nitrogens with zero attached hydrogens (tertiary/aromatic N) is 5. The molecule has 0 aliphatic carbocycles. The fraction of sp³-hybridized carbons (Fsp3) is 0.200. The topological polar surface area (TPSA) is 118 Å². The average molecular weight is 539 g/mol. The van der Waals surface area contributed by atoms with Crippen LogP contribution in [0.4, 0.5) is 16.2 Å². The van der Waals surface area contributed by atoms with Crippen LogP contribution in [-0.2, 0) is 4.79 Å². The van der Waals surface area contributed by atoms with Crippen molar-refractivity contribution in [1.29, 1.82) is 5.26 Å². The molecule has 1 aliphatic heterocycles. The van der Waals surface area contributed by atoms with Gasteiger partial charge in [0.2, 0.25) is 11.9 Å². The number of carbonyl (C=O) groups excluding carboxylic acids is 1. The Morgan fingerprint density at radius 2 is 1.85 bits per heavy atom. The molecule has 1 fully saturated rings. The van der Waals surface area contributed by atoms with E-state index in [0.717, 1.165) is 11.1 Å². The van der Waals surface area contributed by atoms with Gasteiger partial charge in [-0.25, -0.2) is 9.37 Å². The maximum atomic E-state index is 15.5. The fourth-order valence-corrected chi connectivity index (χ4v) is 4.79. The molecule has 1 saturated heterocycles. The predicted octanol–water partition coefficient (Wildman–Crippen LogP) is 4.34. The summed E-state index contributed by atoms with van der Waals surface area (Å²) in [6.07, 6.45) is 3.25. The Balaban J connectivity index is 1.47. The number of anilines is 2. The Morgan fingerprint density at radius 3 is 2.52 bits per heavy atom. The van der Waals surface area contributed by atoms with Crippen LogP contribution >= 0.6 is 0 Å². The van der Waals surface area contributed by atoms with Gasteiger partial charge in [-0.15, -0.1) is 0 Å². The summed E-state index contributed by atoms with van der Waals surface area (Å²) in [6.45, 7) is 1.15. The molecular weight excluding hydrogens is 511 g/mol. The maximum Gasteiger partial charge on any atom is 0.246 e. The summed E-state index contributed by atoms with van der Waals surface area (Å²) in [7, 11) is 2.77. The number of rotatable bonds is 6. The summed E-state index contributed by atoms with van der Waals surface area (Å²) >= 11 is 0. The van der Waals surface area contributed by atoms with Crippen LogP contribution < -0.4 is 20.1 Å². The number of methoxy groups -OCH3 is 2. The van der Waals surface area contributed by atoms with E-state index in [1.807, 2.05) is 35.2 Å². The number of nitrogens with two attached hydrogens (primary N) is 1. The molecule has 40 heavy (non-hydrogen) atoms. The van der Waals surface area contributed by atoms with Gasteiger partial charge in [0.05, 0.1) is 31.9 Å². The van der Waals surface area contributed by atoms with Crippen LogP contribution in [-0.4, -0.2) is 54.6 Å². The summed E-state index contributed by atoms with van der Waals surface area (Å²) in [5.41, 5.74) is 8.64. The fourth-order valence-electron chi connectivity index (χ4n) is 4.79. The van der Waals surface area contributed by atoms with Gasteiger partial charge in [0, 0.05) is 31.1 Å². The zero-order valence-corrected chi connectivity index (χ0v) is 22.0. The van der Waals surface area contributed by atoms with E-state index in [-0.39, 0.29) is 40.7 Å². The highest BCUT2D eigenvalue weighted by Gasteiger charge is 2.32. The number of aromatic nitrogens is 2. The molecule has 1 aromatic heterocycles. The normalized spacial score (nSPS) is 15.3. The van der Waals surface area contributed by atoms with E-state index in [4.69, 9.17) is 20.5 Å². The van der Waals surface area contributed by atoms with Crippen molar-refractivity contribution in [1.82, 2.24) is 14.9 Å². The number of piperazine rings is 1. The van der Waals surface area contributed by atoms with Gasteiger partial charge in [-0.05, 0) is 35.4 Å². The molecule has 1 unspecified atom stereocenters. The minimum absolute atomic E-state index is 0.0239. The Hall–Kier alpha value is -5.17. The van der Waals surface area contributed by atoms with Gasteiger partial charge in [-0.1, -0.05) is 42.5 Å². The van der Waals surface area contributed by atoms with Crippen molar-refractivity contribution in [2.24, 2.45) is 0 Å². The summed E-state index contributed by atoms with van der Waals surface area (Å²) in [5, 5.41) is 9.30. The van der Waals surface area contributed by atoms with Crippen molar-refractivity contribution in [3.8, 4) is 17.6 Å². The lowest BCUT2D eigenvalue weighted by Crippen LogP contribution is -2.50. The van der Waals surface area contributed by atoms with Gasteiger partial charge in [-0.2, -0.15) is 10.2 Å². The van der Waals surface area contributed by atoms with E-state index in [9.17, 15) is 4.79 Å². The molecule has 1 atom stereocenters. The van der Waals surface area contributed by atoms with E-state index >= 15 is 4.39 Å². The van der Waals surface area contributed by atoms with Gasteiger partial charge in [-0.3, -0.25) is 4.79 Å². The first-order valence-electron chi connectivity index (χ1n) is 12.6. The first-order valence-corrected chi connectivity index (χ1v) is 12.6. The minimum Gasteiger partial charge on any atom is -0.493 e. The lowest BCUT2D eigenvalue weighted by atomic mass is 10.0. The summed E-state index contributed by atoms with van der Waals surface area (Å²) in [5.74, 6) is -0.347. The Kier molecular flexibility index (Phi) is 7.46. The molecule has 2 heterocycles. The molecule has 0 saturated carbocycles. The zero-order chi connectivity index (χ0) is 28.2. The largest absolute Gasteiger partial charge is 0.493 e. The number of fused-ring (bicyclic) bond motifs is 1. The highest BCUT2D eigenvalue weighted by atomic mass is 19.1. The maximum absolute atomic E-state index is 15.5. The third-order valence-corrected chi connectivity index (χ3v) is 6.89. The SMILES string of the molecule is COc1cc2c(N)nc(N3CCN(C(=O)C=Cc4ccc(C#N)cc4)CC3c3ccccc3)nc2c(F)c1OC. The molecule has 9 nitrogen and oxygen atoms in total. The number of amides is 1. The molecule has 1 amide bonds. The second kappa shape index (κ2) is 11.3. The molecule has 5 rings (SSSR count). The summed E-state index contributed by atoms with van der Waals surface area (Å²) < 4.78 is 25.9. The zero-order valence-electron chi connectivity index (χ0n) is 22.0. The van der Waals surface area contributed by atoms with Gasteiger partial charge < -0.3 is 25.0 Å².